The van der Waals surface area contributed by atoms with Crippen molar-refractivity contribution in [1.29, 1.82) is 0 Å². The van der Waals surface area contributed by atoms with Gasteiger partial charge in [0.2, 0.25) is 5.78 Å². The minimum atomic E-state index is -2.07. The average molecular weight is 791 g/mol. The summed E-state index contributed by atoms with van der Waals surface area (Å²) < 4.78 is 38.1. The van der Waals surface area contributed by atoms with Gasteiger partial charge in [-0.25, -0.2) is 4.39 Å². The lowest BCUT2D eigenvalue weighted by atomic mass is 9.44. The predicted molar refractivity (Wildman–Crippen MR) is 202 cm³/mol. The van der Waals surface area contributed by atoms with E-state index in [0.717, 1.165) is 38.5 Å². The molecule has 3 fully saturated rings. The highest BCUT2D eigenvalue weighted by Gasteiger charge is 2.75. The maximum absolute atomic E-state index is 17.4. The maximum atomic E-state index is 17.4. The van der Waals surface area contributed by atoms with Crippen molar-refractivity contribution in [2.24, 2.45) is 40.4 Å². The molecule has 3 saturated carbocycles. The van der Waals surface area contributed by atoms with Crippen LogP contribution in [0.5, 0.6) is 0 Å². The summed E-state index contributed by atoms with van der Waals surface area (Å²) in [5.41, 5.74) is -5.64. The van der Waals surface area contributed by atoms with Crippen LogP contribution in [0.2, 0.25) is 0 Å². The van der Waals surface area contributed by atoms with Gasteiger partial charge in [0, 0.05) is 37.0 Å². The lowest BCUT2D eigenvalue weighted by Gasteiger charge is -2.62. The summed E-state index contributed by atoms with van der Waals surface area (Å²) in [6.45, 7) is 10.4. The normalized spacial score (nSPS) is 33.0. The lowest BCUT2D eigenvalue weighted by molar-refractivity contribution is -0.220. The second-order valence-electron chi connectivity index (χ2n) is 17.5. The highest BCUT2D eigenvalue weighted by atomic mass is 19.1. The number of aliphatic hydroxyl groups excluding tert-OH is 1. The number of ether oxygens (including phenoxy) is 4. The van der Waals surface area contributed by atoms with E-state index in [1.54, 1.807) is 33.8 Å². The van der Waals surface area contributed by atoms with Crippen LogP contribution in [0.3, 0.4) is 0 Å². The Hall–Kier alpha value is -3.45. The Kier molecular flexibility index (Phi) is 14.9. The largest absolute Gasteiger partial charge is 0.462 e. The molecule has 0 aromatic carbocycles. The number of alkyl halides is 1. The third-order valence-electron chi connectivity index (χ3n) is 13.5. The van der Waals surface area contributed by atoms with E-state index in [1.165, 1.54) is 26.0 Å². The second-order valence-corrected chi connectivity index (χ2v) is 17.5. The molecule has 0 aromatic rings. The maximum Gasteiger partial charge on any atom is 0.309 e. The summed E-state index contributed by atoms with van der Waals surface area (Å²) in [5.74, 6) is -4.88. The van der Waals surface area contributed by atoms with Crippen molar-refractivity contribution in [2.75, 3.05) is 19.8 Å². The molecule has 56 heavy (non-hydrogen) atoms. The van der Waals surface area contributed by atoms with Gasteiger partial charge in [0.25, 0.3) is 0 Å². The summed E-state index contributed by atoms with van der Waals surface area (Å²) in [5, 5.41) is 23.7. The first-order valence-corrected chi connectivity index (χ1v) is 20.4. The number of allylic oxidation sites excluding steroid dienone is 4. The van der Waals surface area contributed by atoms with E-state index in [0.29, 0.717) is 31.3 Å². The number of unbranched alkanes of at least 4 members (excludes halogenated alkanes) is 4. The lowest BCUT2D eigenvalue weighted by Crippen LogP contribution is -2.69. The van der Waals surface area contributed by atoms with E-state index in [2.05, 4.69) is 0 Å². The molecule has 4 aliphatic carbocycles. The van der Waals surface area contributed by atoms with E-state index in [9.17, 15) is 39.0 Å². The van der Waals surface area contributed by atoms with Crippen LogP contribution in [0.4, 0.5) is 4.39 Å². The number of aliphatic hydroxyl groups is 2. The van der Waals surface area contributed by atoms with E-state index >= 15 is 4.39 Å². The van der Waals surface area contributed by atoms with Gasteiger partial charge in [-0.15, -0.1) is 0 Å². The Morgan fingerprint density at radius 1 is 0.929 bits per heavy atom. The number of rotatable bonds is 19. The van der Waals surface area contributed by atoms with Crippen LogP contribution < -0.4 is 0 Å². The summed E-state index contributed by atoms with van der Waals surface area (Å²) >= 11 is 0. The average Bonchev–Trinajstić information content (AvgIpc) is 3.32. The van der Waals surface area contributed by atoms with Crippen molar-refractivity contribution in [3.8, 4) is 0 Å². The molecule has 4 aliphatic rings. The zero-order valence-electron chi connectivity index (χ0n) is 34.2. The van der Waals surface area contributed by atoms with E-state index < -0.39 is 94.2 Å². The monoisotopic (exact) mass is 790 g/mol. The first kappa shape index (κ1) is 45.3. The molecule has 0 amide bonds. The molecule has 314 valence electrons. The number of hydrogen-bond acceptors (Lipinski definition) is 12. The van der Waals surface area contributed by atoms with Crippen molar-refractivity contribution < 1.29 is 62.3 Å². The van der Waals surface area contributed by atoms with Crippen molar-refractivity contribution >= 4 is 35.4 Å². The molecule has 13 heteroatoms. The predicted octanol–water partition coefficient (Wildman–Crippen LogP) is 5.88. The fourth-order valence-corrected chi connectivity index (χ4v) is 10.3. The van der Waals surface area contributed by atoms with Gasteiger partial charge < -0.3 is 29.2 Å². The van der Waals surface area contributed by atoms with Crippen molar-refractivity contribution in [3.05, 3.63) is 23.8 Å². The molecule has 0 aliphatic heterocycles. The number of carbonyl (C=O) groups is 6. The summed E-state index contributed by atoms with van der Waals surface area (Å²) in [6, 6.07) is 0. The van der Waals surface area contributed by atoms with Gasteiger partial charge >= 0.3 is 23.9 Å². The molecule has 4 rings (SSSR count). The quantitative estimate of drug-likeness (QED) is 0.0904. The van der Waals surface area contributed by atoms with Crippen LogP contribution in [0, 0.1) is 40.4 Å². The van der Waals surface area contributed by atoms with Crippen LogP contribution in [-0.2, 0) is 47.7 Å². The molecule has 0 heterocycles. The molecule has 0 saturated heterocycles. The Balaban J connectivity index is 1.18. The molecule has 12 nitrogen and oxygen atoms in total. The zero-order chi connectivity index (χ0) is 41.6. The third kappa shape index (κ3) is 9.30. The fourth-order valence-electron chi connectivity index (χ4n) is 10.3. The topological polar surface area (TPSA) is 180 Å². The summed E-state index contributed by atoms with van der Waals surface area (Å²) in [7, 11) is 0. The van der Waals surface area contributed by atoms with Crippen LogP contribution in [-0.4, -0.2) is 89.0 Å². The van der Waals surface area contributed by atoms with Crippen molar-refractivity contribution in [1.82, 2.24) is 0 Å². The standard InChI is InChI=1S/C43H63FO12/c1-26(19-38(50)56-33(23-53-29(4)45)24-54-30(5)46)13-11-9-8-10-12-14-27(2)39(51)55-25-37(49)43(52)28(3)20-35-34-16-15-31-21-32(47)17-18-40(31,6)42(34,44)36(48)22-41(35,43)7/h17-18,21,26-28,33-36,48,52H,8-16,19-20,22-25H2,1-7H3/t26?,27?,28-,34+,35+,36+,40+,41+,42+,43+/m1/s1. The van der Waals surface area contributed by atoms with Crippen LogP contribution in [0.15, 0.2) is 23.8 Å². The summed E-state index contributed by atoms with van der Waals surface area (Å²) in [6.07, 6.45) is 9.17. The number of esters is 4. The Morgan fingerprint density at radius 3 is 2.16 bits per heavy atom. The number of ketones is 2. The zero-order valence-corrected chi connectivity index (χ0v) is 34.2. The number of carbonyl (C=O) groups excluding carboxylic acids is 6. The van der Waals surface area contributed by atoms with Gasteiger partial charge in [0.1, 0.15) is 18.8 Å². The first-order chi connectivity index (χ1) is 26.2. The van der Waals surface area contributed by atoms with Crippen molar-refractivity contribution in [3.63, 3.8) is 0 Å². The number of fused-ring (bicyclic) bond motifs is 5. The van der Waals surface area contributed by atoms with Gasteiger partial charge in [-0.1, -0.05) is 77.9 Å². The molecule has 0 radical (unpaired) electrons. The van der Waals surface area contributed by atoms with Gasteiger partial charge in [-0.2, -0.15) is 0 Å². The van der Waals surface area contributed by atoms with E-state index in [1.807, 2.05) is 6.92 Å². The molecule has 2 unspecified atom stereocenters. The Morgan fingerprint density at radius 2 is 1.54 bits per heavy atom. The number of hydrogen-bond donors (Lipinski definition) is 2. The van der Waals surface area contributed by atoms with Gasteiger partial charge in [-0.05, 0) is 68.9 Å². The van der Waals surface area contributed by atoms with Gasteiger partial charge in [0.05, 0.1) is 12.0 Å². The number of halogens is 1. The number of Topliss-reactive ketones (excluding diaryl/α,β-unsaturated/α-hetero) is 1. The molecular formula is C43H63FO12. The third-order valence-corrected chi connectivity index (χ3v) is 13.5. The smallest absolute Gasteiger partial charge is 0.309 e. The molecule has 0 spiro atoms. The molecule has 2 N–H and O–H groups in total. The molecule has 10 atom stereocenters. The molecule has 0 aromatic heterocycles. The van der Waals surface area contributed by atoms with Crippen LogP contribution in [0.1, 0.15) is 126 Å². The minimum absolute atomic E-state index is 0.0608. The highest BCUT2D eigenvalue weighted by Crippen LogP contribution is 2.70. The van der Waals surface area contributed by atoms with Gasteiger partial charge in [-0.3, -0.25) is 28.8 Å². The Labute approximate surface area is 330 Å². The van der Waals surface area contributed by atoms with Crippen LogP contribution in [0.25, 0.3) is 0 Å². The minimum Gasteiger partial charge on any atom is -0.462 e. The Bertz CT molecular complexity index is 1540. The summed E-state index contributed by atoms with van der Waals surface area (Å²) in [4.78, 5) is 73.6. The molecule has 0 bridgehead atoms. The van der Waals surface area contributed by atoms with Crippen molar-refractivity contribution in [2.45, 2.75) is 149 Å². The van der Waals surface area contributed by atoms with E-state index in [4.69, 9.17) is 18.9 Å². The van der Waals surface area contributed by atoms with Crippen LogP contribution >= 0.6 is 0 Å². The second kappa shape index (κ2) is 18.4. The molecular weight excluding hydrogens is 727 g/mol. The van der Waals surface area contributed by atoms with E-state index in [-0.39, 0.29) is 37.8 Å². The van der Waals surface area contributed by atoms with Gasteiger partial charge in [0.15, 0.2) is 24.2 Å². The first-order valence-electron chi connectivity index (χ1n) is 20.4. The fraction of sp³-hybridized carbons (Fsp3) is 0.767. The SMILES string of the molecule is CC(=O)OCC(COC(C)=O)OC(=O)CC(C)CCCCCCCC(C)C(=O)OCC(=O)[C@@]1(O)[C@H](C)C[C@H]2[C@@H]3CCC4=CC(=O)C=C[C@]4(C)[C@@]3(F)[C@@H](O)C[C@@]21C. The highest BCUT2D eigenvalue weighted by molar-refractivity contribution is 6.01.